The summed E-state index contributed by atoms with van der Waals surface area (Å²) in [5.74, 6) is 5.20. The van der Waals surface area contributed by atoms with Crippen molar-refractivity contribution >= 4 is 23.3 Å². The highest BCUT2D eigenvalue weighted by molar-refractivity contribution is 7.99. The van der Waals surface area contributed by atoms with E-state index in [2.05, 4.69) is 76.2 Å². The molecule has 5 aliphatic carbocycles. The topological polar surface area (TPSA) is 52.6 Å². The molecular formula is C42H62N2O2S. The number of benzene rings is 1. The molecule has 0 bridgehead atoms. The first-order valence-corrected chi connectivity index (χ1v) is 20.2. The van der Waals surface area contributed by atoms with E-state index in [4.69, 9.17) is 0 Å². The predicted molar refractivity (Wildman–Crippen MR) is 198 cm³/mol. The number of fused-ring (bicyclic) bond motifs is 7. The third kappa shape index (κ3) is 5.17. The molecule has 4 nitrogen and oxygen atoms in total. The quantitative estimate of drug-likeness (QED) is 0.286. The van der Waals surface area contributed by atoms with E-state index in [9.17, 15) is 9.90 Å². The van der Waals surface area contributed by atoms with Gasteiger partial charge in [-0.15, -0.1) is 0 Å². The first-order chi connectivity index (χ1) is 22.3. The number of hydrogen-bond acceptors (Lipinski definition) is 4. The number of hydrogen-bond donors (Lipinski definition) is 2. The van der Waals surface area contributed by atoms with Crippen LogP contribution in [0.25, 0.3) is 5.57 Å². The molecule has 7 rings (SSSR count). The van der Waals surface area contributed by atoms with E-state index in [-0.39, 0.29) is 16.4 Å². The second-order valence-electron chi connectivity index (χ2n) is 18.1. The average Bonchev–Trinajstić information content (AvgIpc) is 3.42. The van der Waals surface area contributed by atoms with Crippen LogP contribution in [0.4, 0.5) is 0 Å². The Morgan fingerprint density at radius 1 is 0.936 bits per heavy atom. The van der Waals surface area contributed by atoms with Crippen molar-refractivity contribution in [1.29, 1.82) is 0 Å². The van der Waals surface area contributed by atoms with Gasteiger partial charge in [0.25, 0.3) is 0 Å². The summed E-state index contributed by atoms with van der Waals surface area (Å²) in [6.45, 7) is 25.0. The van der Waals surface area contributed by atoms with E-state index in [1.54, 1.807) is 12.1 Å². The van der Waals surface area contributed by atoms with Crippen LogP contribution < -0.4 is 5.32 Å². The van der Waals surface area contributed by atoms with Gasteiger partial charge in [-0.2, -0.15) is 11.8 Å². The molecule has 2 N–H and O–H groups in total. The number of carboxylic acid groups (broad SMARTS) is 1. The van der Waals surface area contributed by atoms with E-state index in [0.717, 1.165) is 24.8 Å². The maximum absolute atomic E-state index is 11.5. The van der Waals surface area contributed by atoms with Crippen LogP contribution in [0.1, 0.15) is 115 Å². The van der Waals surface area contributed by atoms with Gasteiger partial charge in [-0.25, -0.2) is 4.79 Å². The molecule has 1 heterocycles. The van der Waals surface area contributed by atoms with Gasteiger partial charge in [0.2, 0.25) is 0 Å². The van der Waals surface area contributed by atoms with Crippen LogP contribution >= 0.6 is 11.8 Å². The van der Waals surface area contributed by atoms with Gasteiger partial charge in [0, 0.05) is 43.2 Å². The molecule has 47 heavy (non-hydrogen) atoms. The van der Waals surface area contributed by atoms with Crippen LogP contribution in [-0.2, 0) is 0 Å². The van der Waals surface area contributed by atoms with Crippen LogP contribution in [0, 0.1) is 51.2 Å². The third-order valence-corrected chi connectivity index (χ3v) is 17.0. The van der Waals surface area contributed by atoms with E-state index >= 15 is 0 Å². The number of carbonyl (C=O) groups is 1. The second-order valence-corrected chi connectivity index (χ2v) is 19.4. The Balaban J connectivity index is 1.17. The molecule has 9 atom stereocenters. The van der Waals surface area contributed by atoms with Gasteiger partial charge in [-0.3, -0.25) is 0 Å². The zero-order chi connectivity index (χ0) is 33.4. The average molecular weight is 659 g/mol. The van der Waals surface area contributed by atoms with Gasteiger partial charge < -0.3 is 15.3 Å². The Labute approximate surface area is 290 Å². The highest BCUT2D eigenvalue weighted by Gasteiger charge is 2.70. The zero-order valence-corrected chi connectivity index (χ0v) is 31.1. The minimum absolute atomic E-state index is 0.0476. The Morgan fingerprint density at radius 2 is 1.66 bits per heavy atom. The van der Waals surface area contributed by atoms with Crippen molar-refractivity contribution in [2.45, 2.75) is 105 Å². The molecule has 0 radical (unpaired) electrons. The Bertz CT molecular complexity index is 1410. The summed E-state index contributed by atoms with van der Waals surface area (Å²) in [6, 6.07) is 7.67. The summed E-state index contributed by atoms with van der Waals surface area (Å²) in [7, 11) is 0. The number of thioether (sulfide) groups is 1. The lowest BCUT2D eigenvalue weighted by Gasteiger charge is -2.72. The molecule has 258 valence electrons. The maximum atomic E-state index is 11.5. The van der Waals surface area contributed by atoms with Crippen LogP contribution in [0.15, 0.2) is 42.5 Å². The number of allylic oxidation sites excluding steroid dienone is 3. The minimum Gasteiger partial charge on any atom is -0.478 e. The molecule has 0 aromatic heterocycles. The SMILES string of the molecule is C=C(C)[C@@H]1CC[C@]2(NCCN3CCSCC3)CC[C@]3(C)[C@H](CC[C@@H]4[C@@]5(C)CC=C(c6ccc(C(=O)O)cc6)C(C)(C)[C@@H]5CC[C@]43C)[C@@H]12. The summed E-state index contributed by atoms with van der Waals surface area (Å²) in [5.41, 5.74) is 5.72. The lowest BCUT2D eigenvalue weighted by Crippen LogP contribution is -2.68. The molecule has 1 aliphatic heterocycles. The summed E-state index contributed by atoms with van der Waals surface area (Å²) < 4.78 is 0. The number of carboxylic acids is 1. The van der Waals surface area contributed by atoms with Gasteiger partial charge in [-0.05, 0) is 139 Å². The van der Waals surface area contributed by atoms with Crippen molar-refractivity contribution in [3.63, 3.8) is 0 Å². The molecule has 0 amide bonds. The molecule has 4 saturated carbocycles. The van der Waals surface area contributed by atoms with Crippen molar-refractivity contribution < 1.29 is 9.90 Å². The Morgan fingerprint density at radius 3 is 2.34 bits per heavy atom. The largest absolute Gasteiger partial charge is 0.478 e. The lowest BCUT2D eigenvalue weighted by atomic mass is 9.33. The minimum atomic E-state index is -0.851. The fourth-order valence-corrected chi connectivity index (χ4v) is 14.6. The van der Waals surface area contributed by atoms with Crippen LogP contribution in [-0.4, -0.2) is 59.2 Å². The van der Waals surface area contributed by atoms with Crippen LogP contribution in [0.2, 0.25) is 0 Å². The van der Waals surface area contributed by atoms with Crippen molar-refractivity contribution in [2.75, 3.05) is 37.7 Å². The highest BCUT2D eigenvalue weighted by atomic mass is 32.2. The summed E-state index contributed by atoms with van der Waals surface area (Å²) >= 11 is 2.11. The molecule has 1 aromatic rings. The first kappa shape index (κ1) is 33.9. The summed E-state index contributed by atoms with van der Waals surface area (Å²) in [5, 5.41) is 13.8. The smallest absolute Gasteiger partial charge is 0.335 e. The van der Waals surface area contributed by atoms with E-state index in [1.165, 1.54) is 99.2 Å². The maximum Gasteiger partial charge on any atom is 0.335 e. The fraction of sp³-hybridized carbons (Fsp3) is 0.738. The van der Waals surface area contributed by atoms with Crippen molar-refractivity contribution in [3.05, 3.63) is 53.6 Å². The van der Waals surface area contributed by atoms with Gasteiger partial charge in [-0.1, -0.05) is 65.0 Å². The fourth-order valence-electron chi connectivity index (χ4n) is 13.6. The number of rotatable bonds is 7. The molecule has 1 aromatic carbocycles. The summed E-state index contributed by atoms with van der Waals surface area (Å²) in [6.07, 6.45) is 14.4. The van der Waals surface area contributed by atoms with Gasteiger partial charge in [0.15, 0.2) is 0 Å². The molecular weight excluding hydrogens is 597 g/mol. The van der Waals surface area contributed by atoms with Crippen molar-refractivity contribution in [1.82, 2.24) is 10.2 Å². The molecule has 5 heteroatoms. The van der Waals surface area contributed by atoms with E-state index < -0.39 is 5.97 Å². The van der Waals surface area contributed by atoms with Gasteiger partial charge in [0.1, 0.15) is 0 Å². The number of nitrogens with zero attached hydrogens (tertiary/aromatic N) is 1. The normalized spacial score (nSPS) is 42.8. The summed E-state index contributed by atoms with van der Waals surface area (Å²) in [4.78, 5) is 14.2. The van der Waals surface area contributed by atoms with Crippen molar-refractivity contribution in [2.24, 2.45) is 51.2 Å². The van der Waals surface area contributed by atoms with E-state index in [1.807, 2.05) is 12.1 Å². The van der Waals surface area contributed by atoms with Crippen LogP contribution in [0.3, 0.4) is 0 Å². The number of aromatic carboxylic acids is 1. The predicted octanol–water partition coefficient (Wildman–Crippen LogP) is 9.43. The van der Waals surface area contributed by atoms with E-state index in [0.29, 0.717) is 34.1 Å². The number of nitrogens with one attached hydrogen (secondary N) is 1. The monoisotopic (exact) mass is 658 g/mol. The Hall–Kier alpha value is -1.56. The highest BCUT2D eigenvalue weighted by Crippen LogP contribution is 2.76. The first-order valence-electron chi connectivity index (χ1n) is 19.0. The standard InChI is InChI=1S/C42H62N2O2S/c1-28(2)31-14-19-42(43-22-23-44-24-26-47-27-25-44)21-20-40(6)33(36(31)42)12-13-35-39(5)17-15-32(29-8-10-30(11-9-29)37(45)46)38(3,4)34(39)16-18-41(35,40)7/h8-11,15,31,33-36,43H,1,12-14,16-27H2,2-7H3,(H,45,46)/t31-,33+,34-,35+,36+,39-,40+,41+,42-/m0/s1. The molecule has 0 spiro atoms. The molecule has 5 fully saturated rings. The Kier molecular flexibility index (Phi) is 8.69. The van der Waals surface area contributed by atoms with Crippen LogP contribution in [0.5, 0.6) is 0 Å². The third-order valence-electron chi connectivity index (χ3n) is 16.1. The van der Waals surface area contributed by atoms with Gasteiger partial charge in [0.05, 0.1) is 5.56 Å². The van der Waals surface area contributed by atoms with Gasteiger partial charge >= 0.3 is 5.97 Å². The molecule has 6 aliphatic rings. The lowest BCUT2D eigenvalue weighted by molar-refractivity contribution is -0.219. The van der Waals surface area contributed by atoms with Crippen molar-refractivity contribution in [3.8, 4) is 0 Å². The second kappa shape index (κ2) is 12.0. The molecule has 0 unspecified atom stereocenters. The molecule has 1 saturated heterocycles. The zero-order valence-electron chi connectivity index (χ0n) is 30.3.